The topological polar surface area (TPSA) is 34.5 Å². The number of rotatable bonds is 3. The normalized spacial score (nSPS) is 29.8. The lowest BCUT2D eigenvalue weighted by Crippen LogP contribution is -2.38. The molecular weight excluding hydrogens is 240 g/mol. The number of carbonyl (C=O) groups is 1. The second kappa shape index (κ2) is 5.00. The van der Waals surface area contributed by atoms with Crippen LogP contribution in [0.15, 0.2) is 18.3 Å². The molecule has 1 amide bonds. The van der Waals surface area contributed by atoms with Gasteiger partial charge in [0.15, 0.2) is 0 Å². The molecule has 3 rings (SSSR count). The standard InChI is InChI=1S/C15H22N2O2/c1-3-19-13-9-16-6-4-5-12(16)8-17(10-13)15(18)14-7-11(14)2/h4-6,11,13-14H,3,7-10H2,1-2H3. The van der Waals surface area contributed by atoms with E-state index in [0.717, 1.165) is 26.1 Å². The van der Waals surface area contributed by atoms with Crippen LogP contribution >= 0.6 is 0 Å². The summed E-state index contributed by atoms with van der Waals surface area (Å²) < 4.78 is 7.99. The molecule has 4 nitrogen and oxygen atoms in total. The van der Waals surface area contributed by atoms with Crippen molar-refractivity contribution in [1.29, 1.82) is 0 Å². The van der Waals surface area contributed by atoms with Crippen molar-refractivity contribution in [3.05, 3.63) is 24.0 Å². The summed E-state index contributed by atoms with van der Waals surface area (Å²) in [5, 5.41) is 0. The van der Waals surface area contributed by atoms with Crippen molar-refractivity contribution in [3.63, 3.8) is 0 Å². The molecule has 1 aliphatic heterocycles. The fraction of sp³-hybridized carbons (Fsp3) is 0.667. The van der Waals surface area contributed by atoms with E-state index in [1.807, 2.05) is 17.9 Å². The van der Waals surface area contributed by atoms with Gasteiger partial charge in [0.2, 0.25) is 5.91 Å². The smallest absolute Gasteiger partial charge is 0.226 e. The van der Waals surface area contributed by atoms with Crippen molar-refractivity contribution in [2.75, 3.05) is 13.2 Å². The fourth-order valence-corrected chi connectivity index (χ4v) is 2.96. The molecule has 0 radical (unpaired) electrons. The minimum absolute atomic E-state index is 0.108. The van der Waals surface area contributed by atoms with Crippen LogP contribution in [0.25, 0.3) is 0 Å². The third-order valence-corrected chi connectivity index (χ3v) is 4.24. The highest BCUT2D eigenvalue weighted by Crippen LogP contribution is 2.39. The highest BCUT2D eigenvalue weighted by Gasteiger charge is 2.42. The van der Waals surface area contributed by atoms with Gasteiger partial charge in [-0.15, -0.1) is 0 Å². The van der Waals surface area contributed by atoms with Crippen LogP contribution in [0.4, 0.5) is 0 Å². The van der Waals surface area contributed by atoms with Crippen LogP contribution in [0.5, 0.6) is 0 Å². The SMILES string of the molecule is CCOC1CN(C(=O)C2CC2C)Cc2cccn2C1. The number of ether oxygens (including phenoxy) is 1. The second-order valence-electron chi connectivity index (χ2n) is 5.77. The number of nitrogens with zero attached hydrogens (tertiary/aromatic N) is 2. The largest absolute Gasteiger partial charge is 0.375 e. The molecule has 0 N–H and O–H groups in total. The lowest BCUT2D eigenvalue weighted by Gasteiger charge is -2.24. The summed E-state index contributed by atoms with van der Waals surface area (Å²) in [5.41, 5.74) is 1.21. The summed E-state index contributed by atoms with van der Waals surface area (Å²) in [6, 6.07) is 4.15. The number of fused-ring (bicyclic) bond motifs is 1. The molecule has 0 bridgehead atoms. The van der Waals surface area contributed by atoms with Gasteiger partial charge in [0.1, 0.15) is 0 Å². The van der Waals surface area contributed by atoms with Gasteiger partial charge in [-0.1, -0.05) is 6.92 Å². The zero-order valence-corrected chi connectivity index (χ0v) is 11.7. The molecule has 19 heavy (non-hydrogen) atoms. The van der Waals surface area contributed by atoms with Gasteiger partial charge >= 0.3 is 0 Å². The Kier molecular flexibility index (Phi) is 3.35. The third-order valence-electron chi connectivity index (χ3n) is 4.24. The van der Waals surface area contributed by atoms with Crippen molar-refractivity contribution in [3.8, 4) is 0 Å². The summed E-state index contributed by atoms with van der Waals surface area (Å²) in [4.78, 5) is 14.5. The Balaban J connectivity index is 1.78. The molecule has 2 aliphatic rings. The second-order valence-corrected chi connectivity index (χ2v) is 5.77. The number of carbonyl (C=O) groups excluding carboxylic acids is 1. The average molecular weight is 262 g/mol. The molecule has 0 saturated heterocycles. The monoisotopic (exact) mass is 262 g/mol. The maximum Gasteiger partial charge on any atom is 0.226 e. The molecule has 1 aromatic rings. The molecule has 1 aromatic heterocycles. The van der Waals surface area contributed by atoms with E-state index >= 15 is 0 Å². The molecule has 1 saturated carbocycles. The molecule has 4 heteroatoms. The molecule has 3 unspecified atom stereocenters. The van der Waals surface area contributed by atoms with Crippen LogP contribution in [0.2, 0.25) is 0 Å². The third kappa shape index (κ3) is 2.54. The Morgan fingerprint density at radius 1 is 1.47 bits per heavy atom. The highest BCUT2D eigenvalue weighted by atomic mass is 16.5. The molecule has 2 heterocycles. The summed E-state index contributed by atoms with van der Waals surface area (Å²) in [6.07, 6.45) is 3.24. The number of hydrogen-bond acceptors (Lipinski definition) is 2. The van der Waals surface area contributed by atoms with Gasteiger partial charge in [0, 0.05) is 31.0 Å². The first-order valence-electron chi connectivity index (χ1n) is 7.23. The van der Waals surface area contributed by atoms with Gasteiger partial charge in [-0.25, -0.2) is 0 Å². The van der Waals surface area contributed by atoms with Crippen molar-refractivity contribution in [2.45, 2.75) is 39.5 Å². The maximum absolute atomic E-state index is 12.5. The summed E-state index contributed by atoms with van der Waals surface area (Å²) in [6.45, 7) is 7.15. The van der Waals surface area contributed by atoms with E-state index in [9.17, 15) is 4.79 Å². The number of hydrogen-bond donors (Lipinski definition) is 0. The maximum atomic E-state index is 12.5. The zero-order chi connectivity index (χ0) is 13.4. The minimum Gasteiger partial charge on any atom is -0.375 e. The molecule has 1 aliphatic carbocycles. The van der Waals surface area contributed by atoms with Crippen molar-refractivity contribution in [2.24, 2.45) is 11.8 Å². The lowest BCUT2D eigenvalue weighted by atomic mass is 10.2. The van der Waals surface area contributed by atoms with E-state index in [4.69, 9.17) is 4.74 Å². The van der Waals surface area contributed by atoms with E-state index in [1.54, 1.807) is 0 Å². The van der Waals surface area contributed by atoms with E-state index in [2.05, 4.69) is 23.8 Å². The predicted octanol–water partition coefficient (Wildman–Crippen LogP) is 1.89. The van der Waals surface area contributed by atoms with Gasteiger partial charge in [-0.05, 0) is 31.4 Å². The zero-order valence-electron chi connectivity index (χ0n) is 11.7. The highest BCUT2D eigenvalue weighted by molar-refractivity contribution is 5.81. The molecular formula is C15H22N2O2. The molecule has 3 atom stereocenters. The van der Waals surface area contributed by atoms with E-state index in [-0.39, 0.29) is 12.0 Å². The van der Waals surface area contributed by atoms with Crippen molar-refractivity contribution in [1.82, 2.24) is 9.47 Å². The van der Waals surface area contributed by atoms with Crippen molar-refractivity contribution >= 4 is 5.91 Å². The predicted molar refractivity (Wildman–Crippen MR) is 72.5 cm³/mol. The first-order valence-corrected chi connectivity index (χ1v) is 7.23. The van der Waals surface area contributed by atoms with E-state index < -0.39 is 0 Å². The van der Waals surface area contributed by atoms with Gasteiger partial charge < -0.3 is 14.2 Å². The first-order chi connectivity index (χ1) is 9.19. The lowest BCUT2D eigenvalue weighted by molar-refractivity contribution is -0.135. The van der Waals surface area contributed by atoms with Crippen LogP contribution in [-0.4, -0.2) is 34.6 Å². The van der Waals surface area contributed by atoms with Crippen LogP contribution in [0, 0.1) is 11.8 Å². The Morgan fingerprint density at radius 3 is 2.95 bits per heavy atom. The van der Waals surface area contributed by atoms with Crippen molar-refractivity contribution < 1.29 is 9.53 Å². The van der Waals surface area contributed by atoms with Gasteiger partial charge in [0.05, 0.1) is 19.2 Å². The number of amides is 1. The van der Waals surface area contributed by atoms with Crippen LogP contribution in [-0.2, 0) is 22.6 Å². The first kappa shape index (κ1) is 12.7. The molecule has 104 valence electrons. The van der Waals surface area contributed by atoms with Crippen LogP contribution in [0.1, 0.15) is 26.0 Å². The summed E-state index contributed by atoms with van der Waals surface area (Å²) >= 11 is 0. The fourth-order valence-electron chi connectivity index (χ4n) is 2.96. The summed E-state index contributed by atoms with van der Waals surface area (Å²) in [5.74, 6) is 1.13. The number of aromatic nitrogens is 1. The quantitative estimate of drug-likeness (QED) is 0.833. The van der Waals surface area contributed by atoms with Crippen LogP contribution < -0.4 is 0 Å². The molecule has 1 fully saturated rings. The van der Waals surface area contributed by atoms with Crippen LogP contribution in [0.3, 0.4) is 0 Å². The minimum atomic E-state index is 0.108. The average Bonchev–Trinajstić information content (AvgIpc) is 3.01. The Hall–Kier alpha value is -1.29. The Morgan fingerprint density at radius 2 is 2.26 bits per heavy atom. The molecule has 0 spiro atoms. The Labute approximate surface area is 114 Å². The molecule has 0 aromatic carbocycles. The van der Waals surface area contributed by atoms with E-state index in [0.29, 0.717) is 18.4 Å². The summed E-state index contributed by atoms with van der Waals surface area (Å²) in [7, 11) is 0. The Bertz CT molecular complexity index is 468. The van der Waals surface area contributed by atoms with Gasteiger partial charge in [-0.2, -0.15) is 0 Å². The van der Waals surface area contributed by atoms with Gasteiger partial charge in [0.25, 0.3) is 0 Å². The van der Waals surface area contributed by atoms with E-state index in [1.165, 1.54) is 5.69 Å². The van der Waals surface area contributed by atoms with Gasteiger partial charge in [-0.3, -0.25) is 4.79 Å².